The summed E-state index contributed by atoms with van der Waals surface area (Å²) < 4.78 is 16.5. The van der Waals surface area contributed by atoms with E-state index in [1.165, 1.54) is 0 Å². The Morgan fingerprint density at radius 1 is 1.29 bits per heavy atom. The summed E-state index contributed by atoms with van der Waals surface area (Å²) in [6, 6.07) is 0.0173. The van der Waals surface area contributed by atoms with Crippen LogP contribution < -0.4 is 5.73 Å². The molecule has 17 heavy (non-hydrogen) atoms. The Morgan fingerprint density at radius 2 is 1.94 bits per heavy atom. The summed E-state index contributed by atoms with van der Waals surface area (Å²) in [5, 5.41) is 0. The van der Waals surface area contributed by atoms with Gasteiger partial charge in [0.25, 0.3) is 0 Å². The minimum Gasteiger partial charge on any atom is -0.382 e. The molecule has 1 saturated heterocycles. The van der Waals surface area contributed by atoms with Crippen LogP contribution in [0.3, 0.4) is 0 Å². The molecule has 0 aromatic heterocycles. The van der Waals surface area contributed by atoms with Gasteiger partial charge >= 0.3 is 0 Å². The van der Waals surface area contributed by atoms with Crippen LogP contribution in [-0.2, 0) is 14.2 Å². The van der Waals surface area contributed by atoms with Crippen LogP contribution >= 0.6 is 0 Å². The van der Waals surface area contributed by atoms with Crippen molar-refractivity contribution < 1.29 is 14.2 Å². The molecule has 2 atom stereocenters. The molecule has 0 amide bonds. The Hall–Kier alpha value is -0.160. The standard InChI is InChI=1S/C13H27NO3/c1-12(2)8-10(13(3,4)17-12)11(14)9-16-7-6-15-5/h10-11H,6-9,14H2,1-5H3. The van der Waals surface area contributed by atoms with Gasteiger partial charge in [0.15, 0.2) is 0 Å². The highest BCUT2D eigenvalue weighted by molar-refractivity contribution is 4.98. The lowest BCUT2D eigenvalue weighted by Gasteiger charge is -2.30. The predicted molar refractivity (Wildman–Crippen MR) is 68.0 cm³/mol. The summed E-state index contributed by atoms with van der Waals surface area (Å²) in [7, 11) is 1.67. The highest BCUT2D eigenvalue weighted by Crippen LogP contribution is 2.43. The van der Waals surface area contributed by atoms with E-state index in [-0.39, 0.29) is 17.2 Å². The number of nitrogens with two attached hydrogens (primary N) is 1. The second-order valence-corrected chi connectivity index (χ2v) is 6.01. The summed E-state index contributed by atoms with van der Waals surface area (Å²) in [4.78, 5) is 0. The molecular weight excluding hydrogens is 218 g/mol. The molecule has 1 heterocycles. The van der Waals surface area contributed by atoms with Gasteiger partial charge in [-0.25, -0.2) is 0 Å². The second kappa shape index (κ2) is 5.65. The average molecular weight is 245 g/mol. The number of methoxy groups -OCH3 is 1. The Morgan fingerprint density at radius 3 is 2.41 bits per heavy atom. The average Bonchev–Trinajstić information content (AvgIpc) is 2.41. The largest absolute Gasteiger partial charge is 0.382 e. The van der Waals surface area contributed by atoms with E-state index in [4.69, 9.17) is 19.9 Å². The van der Waals surface area contributed by atoms with E-state index < -0.39 is 0 Å². The van der Waals surface area contributed by atoms with Gasteiger partial charge in [-0.15, -0.1) is 0 Å². The first kappa shape index (κ1) is 14.9. The fourth-order valence-corrected chi connectivity index (χ4v) is 2.75. The van der Waals surface area contributed by atoms with Gasteiger partial charge in [0.2, 0.25) is 0 Å². The number of rotatable bonds is 6. The molecule has 1 aliphatic heterocycles. The van der Waals surface area contributed by atoms with Crippen molar-refractivity contribution in [1.29, 1.82) is 0 Å². The van der Waals surface area contributed by atoms with E-state index in [9.17, 15) is 0 Å². The molecule has 1 fully saturated rings. The Balaban J connectivity index is 2.43. The van der Waals surface area contributed by atoms with Crippen molar-refractivity contribution in [3.05, 3.63) is 0 Å². The zero-order valence-electron chi connectivity index (χ0n) is 11.8. The number of ether oxygens (including phenoxy) is 3. The van der Waals surface area contributed by atoms with E-state index >= 15 is 0 Å². The first-order valence-electron chi connectivity index (χ1n) is 6.31. The van der Waals surface area contributed by atoms with Crippen molar-refractivity contribution in [1.82, 2.24) is 0 Å². The highest BCUT2D eigenvalue weighted by atomic mass is 16.5. The van der Waals surface area contributed by atoms with Gasteiger partial charge in [-0.2, -0.15) is 0 Å². The number of hydrogen-bond acceptors (Lipinski definition) is 4. The first-order chi connectivity index (χ1) is 7.78. The van der Waals surface area contributed by atoms with Crippen molar-refractivity contribution in [2.45, 2.75) is 51.4 Å². The fraction of sp³-hybridized carbons (Fsp3) is 1.00. The number of hydrogen-bond donors (Lipinski definition) is 1. The van der Waals surface area contributed by atoms with Gasteiger partial charge in [-0.3, -0.25) is 0 Å². The SMILES string of the molecule is COCCOCC(N)C1CC(C)(C)OC1(C)C. The van der Waals surface area contributed by atoms with Crippen molar-refractivity contribution in [2.75, 3.05) is 26.9 Å². The summed E-state index contributed by atoms with van der Waals surface area (Å²) in [6.07, 6.45) is 0.981. The van der Waals surface area contributed by atoms with Crippen LogP contribution in [0.4, 0.5) is 0 Å². The van der Waals surface area contributed by atoms with Crippen LogP contribution in [0.2, 0.25) is 0 Å². The minimum absolute atomic E-state index is 0.0173. The van der Waals surface area contributed by atoms with Crippen LogP contribution in [0.25, 0.3) is 0 Å². The quantitative estimate of drug-likeness (QED) is 0.722. The fourth-order valence-electron chi connectivity index (χ4n) is 2.75. The maximum atomic E-state index is 6.21. The summed E-state index contributed by atoms with van der Waals surface area (Å²) in [5.74, 6) is 0.333. The van der Waals surface area contributed by atoms with Gasteiger partial charge in [-0.1, -0.05) is 0 Å². The van der Waals surface area contributed by atoms with Gasteiger partial charge in [0.1, 0.15) is 0 Å². The Labute approximate surface area is 105 Å². The molecule has 1 rings (SSSR count). The van der Waals surface area contributed by atoms with Crippen LogP contribution in [-0.4, -0.2) is 44.2 Å². The van der Waals surface area contributed by atoms with E-state index in [2.05, 4.69) is 27.7 Å². The van der Waals surface area contributed by atoms with Crippen LogP contribution in [0, 0.1) is 5.92 Å². The Bertz CT molecular complexity index is 241. The molecule has 102 valence electrons. The van der Waals surface area contributed by atoms with Gasteiger partial charge < -0.3 is 19.9 Å². The maximum absolute atomic E-state index is 6.21. The van der Waals surface area contributed by atoms with E-state index in [0.717, 1.165) is 6.42 Å². The molecular formula is C13H27NO3. The third-order valence-corrected chi connectivity index (χ3v) is 3.40. The second-order valence-electron chi connectivity index (χ2n) is 6.01. The third kappa shape index (κ3) is 4.21. The molecule has 0 saturated carbocycles. The zero-order valence-corrected chi connectivity index (χ0v) is 11.8. The van der Waals surface area contributed by atoms with Gasteiger partial charge in [0, 0.05) is 19.1 Å². The Kier molecular flexibility index (Phi) is 4.95. The smallest absolute Gasteiger partial charge is 0.0701 e. The molecule has 0 aromatic carbocycles. The molecule has 4 nitrogen and oxygen atoms in total. The van der Waals surface area contributed by atoms with Gasteiger partial charge in [0.05, 0.1) is 31.0 Å². The van der Waals surface area contributed by atoms with Crippen molar-refractivity contribution in [2.24, 2.45) is 11.7 Å². The first-order valence-corrected chi connectivity index (χ1v) is 6.31. The molecule has 4 heteroatoms. The maximum Gasteiger partial charge on any atom is 0.0701 e. The monoisotopic (exact) mass is 245 g/mol. The summed E-state index contributed by atoms with van der Waals surface area (Å²) in [6.45, 7) is 10.2. The van der Waals surface area contributed by atoms with Crippen LogP contribution in [0.5, 0.6) is 0 Å². The van der Waals surface area contributed by atoms with E-state index in [0.29, 0.717) is 25.7 Å². The van der Waals surface area contributed by atoms with Crippen LogP contribution in [0.1, 0.15) is 34.1 Å². The third-order valence-electron chi connectivity index (χ3n) is 3.40. The molecule has 2 unspecified atom stereocenters. The molecule has 2 N–H and O–H groups in total. The van der Waals surface area contributed by atoms with E-state index in [1.54, 1.807) is 7.11 Å². The summed E-state index contributed by atoms with van der Waals surface area (Å²) >= 11 is 0. The van der Waals surface area contributed by atoms with E-state index in [1.807, 2.05) is 0 Å². The topological polar surface area (TPSA) is 53.7 Å². The highest BCUT2D eigenvalue weighted by Gasteiger charge is 2.48. The molecule has 0 aliphatic carbocycles. The van der Waals surface area contributed by atoms with Gasteiger partial charge in [-0.05, 0) is 34.1 Å². The molecule has 0 aromatic rings. The zero-order chi connectivity index (χ0) is 13.1. The van der Waals surface area contributed by atoms with Crippen molar-refractivity contribution in [3.63, 3.8) is 0 Å². The molecule has 0 spiro atoms. The lowest BCUT2D eigenvalue weighted by atomic mass is 9.82. The molecule has 1 aliphatic rings. The van der Waals surface area contributed by atoms with Crippen molar-refractivity contribution >= 4 is 0 Å². The van der Waals surface area contributed by atoms with Crippen molar-refractivity contribution in [3.8, 4) is 0 Å². The minimum atomic E-state index is -0.173. The predicted octanol–water partition coefficient (Wildman–Crippen LogP) is 1.57. The lowest BCUT2D eigenvalue weighted by Crippen LogP contribution is -2.44. The molecule has 0 radical (unpaired) electrons. The normalized spacial score (nSPS) is 28.2. The molecule has 0 bridgehead atoms. The lowest BCUT2D eigenvalue weighted by molar-refractivity contribution is -0.0792. The van der Waals surface area contributed by atoms with Crippen LogP contribution in [0.15, 0.2) is 0 Å². The summed E-state index contributed by atoms with van der Waals surface area (Å²) in [5.41, 5.74) is 5.95.